The van der Waals surface area contributed by atoms with E-state index < -0.39 is 17.8 Å². The minimum Gasteiger partial charge on any atom is -0.451 e. The number of anilines is 1. The molecule has 0 saturated heterocycles. The zero-order chi connectivity index (χ0) is 21.8. The van der Waals surface area contributed by atoms with Crippen LogP contribution in [0.1, 0.15) is 36.2 Å². The smallest absolute Gasteiger partial charge is 0.411 e. The Kier molecular flexibility index (Phi) is 5.97. The monoisotopic (exact) mass is 424 g/mol. The van der Waals surface area contributed by atoms with Crippen molar-refractivity contribution in [3.05, 3.63) is 76.4 Å². The molecule has 8 heteroatoms. The van der Waals surface area contributed by atoms with Crippen LogP contribution in [0.3, 0.4) is 0 Å². The molecule has 0 bridgehead atoms. The lowest BCUT2D eigenvalue weighted by atomic mass is 9.92. The van der Waals surface area contributed by atoms with Crippen molar-refractivity contribution in [2.45, 2.75) is 37.8 Å². The topological polar surface area (TPSA) is 97.6 Å². The maximum absolute atomic E-state index is 13.0. The van der Waals surface area contributed by atoms with Gasteiger partial charge in [-0.05, 0) is 55.7 Å². The number of halogens is 1. The first kappa shape index (κ1) is 20.6. The quantitative estimate of drug-likeness (QED) is 0.654. The highest BCUT2D eigenvalue weighted by atomic mass is 19.1. The summed E-state index contributed by atoms with van der Waals surface area (Å²) in [5.74, 6) is -0.933. The van der Waals surface area contributed by atoms with E-state index in [1.165, 1.54) is 30.3 Å². The van der Waals surface area contributed by atoms with Gasteiger partial charge in [0.15, 0.2) is 11.2 Å². The number of para-hydroxylation sites is 1. The van der Waals surface area contributed by atoms with Crippen molar-refractivity contribution in [1.29, 1.82) is 0 Å². The van der Waals surface area contributed by atoms with Gasteiger partial charge in [-0.15, -0.1) is 0 Å². The maximum Gasteiger partial charge on any atom is 0.411 e. The lowest BCUT2D eigenvalue weighted by molar-refractivity contribution is 0.0702. The molecule has 1 aliphatic rings. The molecular weight excluding hydrogens is 403 g/mol. The summed E-state index contributed by atoms with van der Waals surface area (Å²) in [4.78, 5) is 36.9. The van der Waals surface area contributed by atoms with Crippen LogP contribution < -0.4 is 16.1 Å². The highest BCUT2D eigenvalue weighted by molar-refractivity contribution is 5.93. The Hall–Kier alpha value is -3.68. The minimum absolute atomic E-state index is 0.0548. The number of benzene rings is 2. The fourth-order valence-corrected chi connectivity index (χ4v) is 3.69. The van der Waals surface area contributed by atoms with Gasteiger partial charge in [-0.2, -0.15) is 0 Å². The molecule has 0 spiro atoms. The van der Waals surface area contributed by atoms with Gasteiger partial charge in [0.05, 0.1) is 5.39 Å². The molecule has 2 unspecified atom stereocenters. The molecule has 31 heavy (non-hydrogen) atoms. The van der Waals surface area contributed by atoms with Gasteiger partial charge in [-0.3, -0.25) is 14.9 Å². The summed E-state index contributed by atoms with van der Waals surface area (Å²) in [6, 6.07) is 13.1. The van der Waals surface area contributed by atoms with Crippen molar-refractivity contribution in [3.8, 4) is 0 Å². The molecule has 0 aliphatic heterocycles. The van der Waals surface area contributed by atoms with Crippen LogP contribution >= 0.6 is 0 Å². The Morgan fingerprint density at radius 2 is 1.84 bits per heavy atom. The second-order valence-corrected chi connectivity index (χ2v) is 7.47. The van der Waals surface area contributed by atoms with Gasteiger partial charge in [0.25, 0.3) is 5.91 Å². The third-order valence-electron chi connectivity index (χ3n) is 5.18. The van der Waals surface area contributed by atoms with Crippen molar-refractivity contribution < 1.29 is 23.1 Å². The third kappa shape index (κ3) is 5.09. The molecule has 4 rings (SSSR count). The summed E-state index contributed by atoms with van der Waals surface area (Å²) >= 11 is 0. The number of carbonyl (C=O) groups is 2. The molecule has 1 aromatic heterocycles. The molecule has 1 saturated carbocycles. The maximum atomic E-state index is 13.0. The predicted molar refractivity (Wildman–Crippen MR) is 112 cm³/mol. The molecule has 1 aliphatic carbocycles. The molecule has 2 aromatic carbocycles. The van der Waals surface area contributed by atoms with Gasteiger partial charge in [-0.1, -0.05) is 12.1 Å². The molecule has 7 nitrogen and oxygen atoms in total. The van der Waals surface area contributed by atoms with E-state index in [1.807, 2.05) is 0 Å². The first-order valence-corrected chi connectivity index (χ1v) is 10.0. The number of fused-ring (bicyclic) bond motifs is 1. The number of hydrogen-bond donors (Lipinski definition) is 2. The Labute approximate surface area is 177 Å². The molecule has 3 aromatic rings. The van der Waals surface area contributed by atoms with E-state index in [0.717, 1.165) is 12.8 Å². The zero-order valence-corrected chi connectivity index (χ0v) is 16.6. The second kappa shape index (κ2) is 8.99. The van der Waals surface area contributed by atoms with Gasteiger partial charge in [-0.25, -0.2) is 9.18 Å². The molecule has 1 fully saturated rings. The van der Waals surface area contributed by atoms with Gasteiger partial charge in [0, 0.05) is 24.2 Å². The standard InChI is InChI=1S/C23H21FN2O5/c24-14-8-10-15(11-9-14)26-23(29)30-17-5-3-4-16(12-17)25-22(28)21-13-19(27)18-6-1-2-7-20(18)31-21/h1-2,6-11,13,16-17H,3-5,12H2,(H,25,28)(H,26,29). The van der Waals surface area contributed by atoms with Crippen molar-refractivity contribution in [2.75, 3.05) is 5.32 Å². The average Bonchev–Trinajstić information content (AvgIpc) is 2.75. The number of carbonyl (C=O) groups excluding carboxylic acids is 2. The minimum atomic E-state index is -0.635. The van der Waals surface area contributed by atoms with Gasteiger partial charge >= 0.3 is 6.09 Å². The van der Waals surface area contributed by atoms with E-state index in [-0.39, 0.29) is 23.3 Å². The van der Waals surface area contributed by atoms with E-state index >= 15 is 0 Å². The second-order valence-electron chi connectivity index (χ2n) is 7.47. The van der Waals surface area contributed by atoms with Gasteiger partial charge in [0.2, 0.25) is 0 Å². The van der Waals surface area contributed by atoms with Crippen LogP contribution in [0.25, 0.3) is 11.0 Å². The summed E-state index contributed by atoms with van der Waals surface area (Å²) in [5, 5.41) is 5.83. The number of rotatable bonds is 4. The lowest BCUT2D eigenvalue weighted by Crippen LogP contribution is -2.41. The van der Waals surface area contributed by atoms with Crippen LogP contribution in [0, 0.1) is 5.82 Å². The fraction of sp³-hybridized carbons (Fsp3) is 0.261. The Bertz CT molecular complexity index is 1160. The van der Waals surface area contributed by atoms with E-state index in [4.69, 9.17) is 9.15 Å². The van der Waals surface area contributed by atoms with Crippen LogP contribution in [0.15, 0.2) is 63.8 Å². The van der Waals surface area contributed by atoms with E-state index in [2.05, 4.69) is 10.6 Å². The molecule has 160 valence electrons. The Morgan fingerprint density at radius 3 is 2.65 bits per heavy atom. The van der Waals surface area contributed by atoms with Crippen LogP contribution in [-0.4, -0.2) is 24.1 Å². The number of nitrogens with one attached hydrogen (secondary N) is 2. The van der Waals surface area contributed by atoms with Crippen LogP contribution in [0.2, 0.25) is 0 Å². The molecule has 2 atom stereocenters. The number of amides is 2. The van der Waals surface area contributed by atoms with Crippen LogP contribution in [0.4, 0.5) is 14.9 Å². The van der Waals surface area contributed by atoms with Gasteiger partial charge in [0.1, 0.15) is 17.5 Å². The number of ether oxygens (including phenoxy) is 1. The van der Waals surface area contributed by atoms with Crippen LogP contribution in [-0.2, 0) is 4.74 Å². The fourth-order valence-electron chi connectivity index (χ4n) is 3.69. The summed E-state index contributed by atoms with van der Waals surface area (Å²) in [6.07, 6.45) is 1.60. The van der Waals surface area contributed by atoms with Crippen molar-refractivity contribution in [2.24, 2.45) is 0 Å². The highest BCUT2D eigenvalue weighted by Gasteiger charge is 2.27. The molecule has 2 N–H and O–H groups in total. The molecule has 2 amide bonds. The largest absolute Gasteiger partial charge is 0.451 e. The first-order valence-electron chi connectivity index (χ1n) is 10.0. The SMILES string of the molecule is O=C(Nc1ccc(F)cc1)OC1CCCC(NC(=O)c2cc(=O)c3ccccc3o2)C1. The summed E-state index contributed by atoms with van der Waals surface area (Å²) in [7, 11) is 0. The third-order valence-corrected chi connectivity index (χ3v) is 5.18. The van der Waals surface area contributed by atoms with Crippen LogP contribution in [0.5, 0.6) is 0 Å². The summed E-state index contributed by atoms with van der Waals surface area (Å²) < 4.78 is 24.0. The number of hydrogen-bond acceptors (Lipinski definition) is 5. The zero-order valence-electron chi connectivity index (χ0n) is 16.6. The highest BCUT2D eigenvalue weighted by Crippen LogP contribution is 2.22. The molecule has 0 radical (unpaired) electrons. The lowest BCUT2D eigenvalue weighted by Gasteiger charge is -2.29. The summed E-state index contributed by atoms with van der Waals surface area (Å²) in [6.45, 7) is 0. The Balaban J connectivity index is 1.35. The first-order chi connectivity index (χ1) is 15.0. The van der Waals surface area contributed by atoms with E-state index in [9.17, 15) is 18.8 Å². The van der Waals surface area contributed by atoms with E-state index in [1.54, 1.807) is 24.3 Å². The van der Waals surface area contributed by atoms with E-state index in [0.29, 0.717) is 29.5 Å². The van der Waals surface area contributed by atoms with Crippen molar-refractivity contribution in [1.82, 2.24) is 5.32 Å². The van der Waals surface area contributed by atoms with Crippen molar-refractivity contribution in [3.63, 3.8) is 0 Å². The molecular formula is C23H21FN2O5. The summed E-state index contributed by atoms with van der Waals surface area (Å²) in [5.41, 5.74) is 0.496. The molecule has 1 heterocycles. The normalized spacial score (nSPS) is 18.4. The average molecular weight is 424 g/mol. The Morgan fingerprint density at radius 1 is 1.06 bits per heavy atom. The van der Waals surface area contributed by atoms with Gasteiger partial charge < -0.3 is 14.5 Å². The van der Waals surface area contributed by atoms with Crippen molar-refractivity contribution >= 4 is 28.7 Å². The predicted octanol–water partition coefficient (Wildman–Crippen LogP) is 4.22.